The number of ether oxygens (including phenoxy) is 3. The third kappa shape index (κ3) is 4.20. The van der Waals surface area contributed by atoms with Crippen LogP contribution in [0.5, 0.6) is 11.5 Å². The Labute approximate surface area is 158 Å². The number of nitrogens with two attached hydrogens (primary N) is 2. The van der Waals surface area contributed by atoms with Crippen molar-refractivity contribution < 1.29 is 19.0 Å². The Kier molecular flexibility index (Phi) is 5.31. The van der Waals surface area contributed by atoms with Crippen molar-refractivity contribution >= 4 is 29.2 Å². The summed E-state index contributed by atoms with van der Waals surface area (Å²) in [5, 5.41) is 2.24. The molecule has 0 fully saturated rings. The van der Waals surface area contributed by atoms with Gasteiger partial charge in [-0.3, -0.25) is 0 Å². The largest absolute Gasteiger partial charge is 0.493 e. The molecule has 0 amide bonds. The predicted molar refractivity (Wildman–Crippen MR) is 98.4 cm³/mol. The van der Waals surface area contributed by atoms with Crippen molar-refractivity contribution in [3.8, 4) is 22.1 Å². The van der Waals surface area contributed by atoms with Gasteiger partial charge < -0.3 is 25.7 Å². The molecule has 1 aromatic carbocycles. The molecule has 10 nitrogen and oxygen atoms in total. The van der Waals surface area contributed by atoms with Gasteiger partial charge in [0.15, 0.2) is 29.6 Å². The molecule has 4 N–H and O–H groups in total. The normalized spacial score (nSPS) is 10.4. The van der Waals surface area contributed by atoms with Gasteiger partial charge in [-0.1, -0.05) is 0 Å². The number of thiazole rings is 1. The molecule has 3 aromatic rings. The number of rotatable bonds is 6. The van der Waals surface area contributed by atoms with E-state index in [2.05, 4.69) is 19.9 Å². The maximum Gasteiger partial charge on any atom is 0.358 e. The van der Waals surface area contributed by atoms with Crippen LogP contribution in [0.15, 0.2) is 23.6 Å². The van der Waals surface area contributed by atoms with Gasteiger partial charge in [-0.2, -0.15) is 15.0 Å². The van der Waals surface area contributed by atoms with Crippen LogP contribution >= 0.6 is 11.3 Å². The molecule has 0 spiro atoms. The van der Waals surface area contributed by atoms with Crippen molar-refractivity contribution in [2.75, 3.05) is 25.7 Å². The highest BCUT2D eigenvalue weighted by Crippen LogP contribution is 2.33. The highest BCUT2D eigenvalue weighted by molar-refractivity contribution is 7.13. The smallest absolute Gasteiger partial charge is 0.358 e. The lowest BCUT2D eigenvalue weighted by molar-refractivity contribution is 0.0456. The second-order valence-electron chi connectivity index (χ2n) is 5.15. The number of esters is 1. The van der Waals surface area contributed by atoms with Gasteiger partial charge in [0.25, 0.3) is 0 Å². The summed E-state index contributed by atoms with van der Waals surface area (Å²) in [4.78, 5) is 27.8. The maximum absolute atomic E-state index is 12.2. The van der Waals surface area contributed by atoms with E-state index in [0.717, 1.165) is 5.56 Å². The first kappa shape index (κ1) is 18.3. The number of carbonyl (C=O) groups is 1. The number of methoxy groups -OCH3 is 2. The van der Waals surface area contributed by atoms with E-state index >= 15 is 0 Å². The Hall–Kier alpha value is -3.47. The van der Waals surface area contributed by atoms with Crippen LogP contribution in [-0.2, 0) is 11.3 Å². The first-order chi connectivity index (χ1) is 13.0. The van der Waals surface area contributed by atoms with Gasteiger partial charge in [0, 0.05) is 10.9 Å². The quantitative estimate of drug-likeness (QED) is 0.595. The van der Waals surface area contributed by atoms with E-state index < -0.39 is 5.97 Å². The zero-order valence-electron chi connectivity index (χ0n) is 14.5. The number of carbonyl (C=O) groups excluding carboxylic acids is 1. The monoisotopic (exact) mass is 388 g/mol. The lowest BCUT2D eigenvalue weighted by Gasteiger charge is -2.08. The summed E-state index contributed by atoms with van der Waals surface area (Å²) >= 11 is 1.30. The summed E-state index contributed by atoms with van der Waals surface area (Å²) in [5.74, 6) is 0.628. The lowest BCUT2D eigenvalue weighted by Crippen LogP contribution is -2.11. The fourth-order valence-electron chi connectivity index (χ4n) is 2.19. The number of hydrogen-bond donors (Lipinski definition) is 2. The number of hydrogen-bond acceptors (Lipinski definition) is 11. The van der Waals surface area contributed by atoms with Crippen molar-refractivity contribution in [3.63, 3.8) is 0 Å². The molecule has 3 rings (SSSR count). The zero-order chi connectivity index (χ0) is 19.4. The summed E-state index contributed by atoms with van der Waals surface area (Å²) in [6.07, 6.45) is 0. The Bertz CT molecular complexity index is 957. The minimum atomic E-state index is -0.615. The van der Waals surface area contributed by atoms with Crippen LogP contribution in [0, 0.1) is 0 Å². The summed E-state index contributed by atoms with van der Waals surface area (Å²) in [5.41, 5.74) is 11.9. The fourth-order valence-corrected chi connectivity index (χ4v) is 2.98. The maximum atomic E-state index is 12.2. The molecule has 27 heavy (non-hydrogen) atoms. The van der Waals surface area contributed by atoms with E-state index in [1.165, 1.54) is 11.3 Å². The van der Waals surface area contributed by atoms with E-state index in [9.17, 15) is 4.79 Å². The van der Waals surface area contributed by atoms with Crippen LogP contribution in [-0.4, -0.2) is 40.1 Å². The van der Waals surface area contributed by atoms with E-state index in [1.807, 2.05) is 6.07 Å². The molecule has 0 aliphatic heterocycles. The van der Waals surface area contributed by atoms with Gasteiger partial charge in [-0.25, -0.2) is 9.78 Å². The van der Waals surface area contributed by atoms with Crippen LogP contribution < -0.4 is 20.9 Å². The summed E-state index contributed by atoms with van der Waals surface area (Å²) in [6.45, 7) is -0.195. The average molecular weight is 388 g/mol. The van der Waals surface area contributed by atoms with Gasteiger partial charge in [0.2, 0.25) is 11.9 Å². The summed E-state index contributed by atoms with van der Waals surface area (Å²) < 4.78 is 15.6. The Morgan fingerprint density at radius 3 is 2.41 bits per heavy atom. The Morgan fingerprint density at radius 1 is 1.04 bits per heavy atom. The van der Waals surface area contributed by atoms with Crippen molar-refractivity contribution in [1.29, 1.82) is 0 Å². The topological polar surface area (TPSA) is 148 Å². The van der Waals surface area contributed by atoms with Crippen LogP contribution in [0.3, 0.4) is 0 Å². The van der Waals surface area contributed by atoms with Gasteiger partial charge in [-0.15, -0.1) is 11.3 Å². The van der Waals surface area contributed by atoms with Crippen molar-refractivity contribution in [2.24, 2.45) is 0 Å². The van der Waals surface area contributed by atoms with Gasteiger partial charge in [0.05, 0.1) is 14.2 Å². The molecule has 140 valence electrons. The molecule has 0 aliphatic carbocycles. The zero-order valence-corrected chi connectivity index (χ0v) is 15.3. The van der Waals surface area contributed by atoms with Crippen LogP contribution in [0.2, 0.25) is 0 Å². The molecule has 0 saturated heterocycles. The number of anilines is 2. The van der Waals surface area contributed by atoms with Gasteiger partial charge in [-0.05, 0) is 18.2 Å². The van der Waals surface area contributed by atoms with E-state index in [-0.39, 0.29) is 30.0 Å². The lowest BCUT2D eigenvalue weighted by atomic mass is 10.2. The molecule has 0 saturated carbocycles. The van der Waals surface area contributed by atoms with E-state index in [1.54, 1.807) is 31.7 Å². The number of aromatic nitrogens is 4. The minimum absolute atomic E-state index is 0.0436. The highest BCUT2D eigenvalue weighted by Gasteiger charge is 2.16. The molecular weight excluding hydrogens is 372 g/mol. The molecule has 0 unspecified atom stereocenters. The minimum Gasteiger partial charge on any atom is -0.493 e. The summed E-state index contributed by atoms with van der Waals surface area (Å²) in [7, 11) is 3.11. The SMILES string of the molecule is COc1ccc(-c2nc(C(=O)OCc3nc(N)nc(N)n3)cs2)cc1OC. The molecule has 11 heteroatoms. The van der Waals surface area contributed by atoms with Gasteiger partial charge in [0.1, 0.15) is 5.01 Å². The molecule has 0 radical (unpaired) electrons. The first-order valence-corrected chi connectivity index (χ1v) is 8.49. The molecule has 2 aromatic heterocycles. The van der Waals surface area contributed by atoms with Crippen molar-refractivity contribution in [2.45, 2.75) is 6.61 Å². The molecule has 2 heterocycles. The number of nitrogen functional groups attached to an aromatic ring is 2. The van der Waals surface area contributed by atoms with E-state index in [0.29, 0.717) is 16.5 Å². The molecule has 0 atom stereocenters. The molecule has 0 bridgehead atoms. The van der Waals surface area contributed by atoms with Crippen LogP contribution in [0.25, 0.3) is 10.6 Å². The predicted octanol–water partition coefficient (Wildman–Crippen LogP) is 1.53. The van der Waals surface area contributed by atoms with Crippen LogP contribution in [0.1, 0.15) is 16.3 Å². The summed E-state index contributed by atoms with van der Waals surface area (Å²) in [6, 6.07) is 5.37. The highest BCUT2D eigenvalue weighted by atomic mass is 32.1. The average Bonchev–Trinajstić information content (AvgIpc) is 3.15. The second kappa shape index (κ2) is 7.83. The number of benzene rings is 1. The molecule has 0 aliphatic rings. The molecular formula is C16H16N6O4S. The van der Waals surface area contributed by atoms with Gasteiger partial charge >= 0.3 is 5.97 Å². The fraction of sp³-hybridized carbons (Fsp3) is 0.188. The Balaban J connectivity index is 1.72. The Morgan fingerprint density at radius 2 is 1.74 bits per heavy atom. The van der Waals surface area contributed by atoms with E-state index in [4.69, 9.17) is 25.7 Å². The third-order valence-corrected chi connectivity index (χ3v) is 4.28. The standard InChI is InChI=1S/C16H16N6O4S/c1-24-10-4-3-8(5-11(10)25-2)13-19-9(7-27-13)14(23)26-6-12-20-15(17)22-16(18)21-12/h3-5,7H,6H2,1-2H3,(H4,17,18,20,21,22). The third-order valence-electron chi connectivity index (χ3n) is 3.39. The first-order valence-electron chi connectivity index (χ1n) is 7.61. The second-order valence-corrected chi connectivity index (χ2v) is 6.01. The number of nitrogens with zero attached hydrogens (tertiary/aromatic N) is 4. The van der Waals surface area contributed by atoms with Crippen molar-refractivity contribution in [3.05, 3.63) is 35.1 Å². The van der Waals surface area contributed by atoms with Crippen molar-refractivity contribution in [1.82, 2.24) is 19.9 Å². The van der Waals surface area contributed by atoms with Crippen LogP contribution in [0.4, 0.5) is 11.9 Å².